The summed E-state index contributed by atoms with van der Waals surface area (Å²) < 4.78 is 18.9. The molecular formula is C80H113ClN20O12. The number of anilines is 8. The van der Waals surface area contributed by atoms with Crippen LogP contribution in [0.25, 0.3) is 16.9 Å². The Hall–Kier alpha value is -9.97. The van der Waals surface area contributed by atoms with E-state index in [1.54, 1.807) is 92.2 Å². The van der Waals surface area contributed by atoms with E-state index >= 15 is 0 Å². The second kappa shape index (κ2) is 43.3. The zero-order chi connectivity index (χ0) is 81.9. The quantitative estimate of drug-likeness (QED) is 0.0165. The van der Waals surface area contributed by atoms with E-state index in [2.05, 4.69) is 115 Å². The smallest absolute Gasteiger partial charge is 0.278 e. The van der Waals surface area contributed by atoms with Gasteiger partial charge in [0.1, 0.15) is 11.0 Å². The number of nitrogens with zero attached hydrogens (tertiary/aromatic N) is 17. The van der Waals surface area contributed by atoms with Gasteiger partial charge in [-0.3, -0.25) is 35.1 Å². The van der Waals surface area contributed by atoms with Crippen molar-refractivity contribution in [3.05, 3.63) is 202 Å². The SMILES string of the molecule is CCN(C)CC.CN1CCN(c2ccc([N+](=O)[O-])cc2CCl)CC1.CN1CCN(c2ccc([N+](=O)[O-])cc2CO)CC1.COCc1cc(N)ccc1N1CCN(C)CC1.COCc1cc(Nc2ncc3c(=O)n4n(c3n2)-c2cccc(n2)[C@](C)(O)CC/C=C\C4)ccc1N.COCc1cc([N+](=O)[O-])ccc1N1CCN(C)CC1. The highest BCUT2D eigenvalue weighted by Crippen LogP contribution is 2.33. The minimum absolute atomic E-state index is 0.0249. The molecule has 612 valence electrons. The molecule has 5 aliphatic rings. The Morgan fingerprint density at radius 2 is 1.02 bits per heavy atom. The lowest BCUT2D eigenvalue weighted by molar-refractivity contribution is -0.385. The fourth-order valence-corrected chi connectivity index (χ4v) is 13.5. The molecule has 8 heterocycles. The summed E-state index contributed by atoms with van der Waals surface area (Å²) in [7, 11) is 15.5. The number of pyridine rings is 1. The molecule has 5 aliphatic heterocycles. The van der Waals surface area contributed by atoms with Crippen LogP contribution in [0.2, 0.25) is 0 Å². The van der Waals surface area contributed by atoms with Crippen LogP contribution in [0.1, 0.15) is 67.1 Å². The van der Waals surface area contributed by atoms with Gasteiger partial charge in [-0.2, -0.15) is 4.98 Å². The number of non-ortho nitro benzene ring substituents is 3. The number of ether oxygens (including phenoxy) is 3. The van der Waals surface area contributed by atoms with Gasteiger partial charge >= 0.3 is 0 Å². The largest absolute Gasteiger partial charge is 0.399 e. The predicted molar refractivity (Wildman–Crippen MR) is 448 cm³/mol. The number of hydrogen-bond acceptors (Lipinski definition) is 27. The number of nitro benzene ring substituents is 3. The maximum absolute atomic E-state index is 13.3. The number of aliphatic hydroxyl groups is 2. The first-order valence-electron chi connectivity index (χ1n) is 38.0. The molecule has 4 fully saturated rings. The van der Waals surface area contributed by atoms with E-state index in [1.165, 1.54) is 29.6 Å². The second-order valence-corrected chi connectivity index (χ2v) is 28.9. The molecule has 4 saturated heterocycles. The molecule has 0 amide bonds. The van der Waals surface area contributed by atoms with Crippen LogP contribution in [0, 0.1) is 30.3 Å². The van der Waals surface area contributed by atoms with E-state index < -0.39 is 10.5 Å². The molecule has 0 radical (unpaired) electrons. The molecule has 113 heavy (non-hydrogen) atoms. The maximum atomic E-state index is 13.3. The fourth-order valence-electron chi connectivity index (χ4n) is 13.3. The minimum Gasteiger partial charge on any atom is -0.399 e. The number of alkyl halides is 1. The van der Waals surface area contributed by atoms with Gasteiger partial charge < -0.3 is 85.3 Å². The number of likely N-dealkylation sites (N-methyl/N-ethyl adjacent to an activating group) is 4. The first-order chi connectivity index (χ1) is 54.2. The van der Waals surface area contributed by atoms with Crippen LogP contribution in [-0.4, -0.2) is 248 Å². The summed E-state index contributed by atoms with van der Waals surface area (Å²) in [6, 6.07) is 31.6. The Labute approximate surface area is 666 Å². The average Bonchev–Trinajstić information content (AvgIpc) is 1.60. The van der Waals surface area contributed by atoms with E-state index in [9.17, 15) is 45.4 Å². The molecule has 8 aromatic rings. The van der Waals surface area contributed by atoms with Crippen molar-refractivity contribution in [3.8, 4) is 5.82 Å². The number of nitrogens with two attached hydrogens (primary N) is 2. The number of allylic oxidation sites excluding steroid dienone is 2. The van der Waals surface area contributed by atoms with Gasteiger partial charge in [0.2, 0.25) is 5.95 Å². The van der Waals surface area contributed by atoms with Gasteiger partial charge in [-0.05, 0) is 140 Å². The van der Waals surface area contributed by atoms with Crippen LogP contribution in [0.15, 0.2) is 132 Å². The highest BCUT2D eigenvalue weighted by molar-refractivity contribution is 6.17. The molecule has 5 aromatic carbocycles. The fraction of sp³-hybridized carbons (Fsp3) is 0.475. The second-order valence-electron chi connectivity index (χ2n) is 28.7. The number of nitrogens with one attached hydrogen (secondary N) is 1. The molecule has 0 saturated carbocycles. The molecule has 1 atom stereocenters. The molecule has 7 N–H and O–H groups in total. The van der Waals surface area contributed by atoms with Gasteiger partial charge in [0.25, 0.3) is 22.6 Å². The number of aromatic nitrogens is 5. The molecule has 0 aliphatic carbocycles. The molecule has 13 rings (SSSR count). The van der Waals surface area contributed by atoms with Crippen LogP contribution in [-0.2, 0) is 58.7 Å². The van der Waals surface area contributed by atoms with Crippen LogP contribution in [0.3, 0.4) is 0 Å². The monoisotopic (exact) mass is 1580 g/mol. The number of halogens is 1. The number of fused-ring (bicyclic) bond motifs is 6. The van der Waals surface area contributed by atoms with Crippen molar-refractivity contribution in [1.29, 1.82) is 0 Å². The third-order valence-electron chi connectivity index (χ3n) is 20.4. The highest BCUT2D eigenvalue weighted by atomic mass is 35.5. The molecular weight excluding hydrogens is 1470 g/mol. The summed E-state index contributed by atoms with van der Waals surface area (Å²) in [6.07, 6.45) is 6.58. The molecule has 2 bridgehead atoms. The number of hydrogen-bond donors (Lipinski definition) is 5. The van der Waals surface area contributed by atoms with Crippen molar-refractivity contribution in [2.75, 3.05) is 211 Å². The van der Waals surface area contributed by atoms with E-state index in [-0.39, 0.29) is 39.1 Å². The number of aliphatic hydroxyl groups excluding tert-OH is 1. The van der Waals surface area contributed by atoms with Crippen LogP contribution < -0.4 is 41.9 Å². The Bertz CT molecular complexity index is 4410. The number of methoxy groups -OCH3 is 3. The van der Waals surface area contributed by atoms with Crippen molar-refractivity contribution >= 4 is 85.5 Å². The average molecular weight is 1580 g/mol. The van der Waals surface area contributed by atoms with E-state index in [1.807, 2.05) is 48.6 Å². The van der Waals surface area contributed by atoms with Crippen LogP contribution >= 0.6 is 11.6 Å². The standard InChI is InChI=1S/C25H27N7O3.C13H19N3O3.C13H21N3O.C12H16ClN3O2.C12H17N3O3.C5H13N/c1-25(34)11-4-3-5-12-31-23(33)18-14-27-24(28-17-9-10-19(26)16(13-17)15-35-2)30-22(18)32(31)21-8-6-7-20(25)29-21;1-14-5-7-15(8-6-14)13-4-3-12(16(17)18)9-11(13)10-19-2;1-15-5-7-16(8-6-15)13-4-3-12(14)9-11(13)10-17-2;1-14-4-6-15(7-5-14)12-3-2-11(16(17)18)8-10(12)9-13;1-13-4-6-14(7-5-13)12-3-2-11(15(17)18)8-10(12)9-16;1-4-6(3)5-2/h3,5-10,13-14,34H,4,11-12,15,26H2,1-2H3,(H,27,28,30);3-4,9H,5-8,10H2,1-2H3;3-4,9H,5-8,10,14H2,1-2H3;2-3,8H,4-7,9H2,1H3;2-3,8,16H,4-7,9H2,1H3;4-5H2,1-3H3/b5-3-;;;;;/t25-;;;;;/m1...../s1. The molecule has 3 aromatic heterocycles. The number of nitrogen functional groups attached to an aromatic ring is 2. The summed E-state index contributed by atoms with van der Waals surface area (Å²) in [5.74, 6) is 1.10. The third kappa shape index (κ3) is 25.0. The van der Waals surface area contributed by atoms with Gasteiger partial charge in [-0.1, -0.05) is 32.1 Å². The van der Waals surface area contributed by atoms with E-state index in [0.717, 1.165) is 163 Å². The molecule has 33 heteroatoms. The normalized spacial score (nSPS) is 17.1. The lowest BCUT2D eigenvalue weighted by Gasteiger charge is -2.35. The van der Waals surface area contributed by atoms with Gasteiger partial charge in [0, 0.05) is 237 Å². The van der Waals surface area contributed by atoms with E-state index in [0.29, 0.717) is 84.8 Å². The lowest BCUT2D eigenvalue weighted by Crippen LogP contribution is -2.44. The number of benzene rings is 5. The number of piperazine rings is 4. The Morgan fingerprint density at radius 1 is 0.575 bits per heavy atom. The Kier molecular flexibility index (Phi) is 34.0. The highest BCUT2D eigenvalue weighted by Gasteiger charge is 2.28. The predicted octanol–water partition coefficient (Wildman–Crippen LogP) is 9.55. The first-order valence-corrected chi connectivity index (χ1v) is 38.5. The van der Waals surface area contributed by atoms with Crippen molar-refractivity contribution in [1.82, 2.24) is 48.8 Å². The first kappa shape index (κ1) is 88.6. The number of nitro groups is 3. The topological polar surface area (TPSA) is 356 Å². The van der Waals surface area contributed by atoms with Gasteiger partial charge in [0.15, 0.2) is 11.5 Å². The Morgan fingerprint density at radius 3 is 1.47 bits per heavy atom. The van der Waals surface area contributed by atoms with Gasteiger partial charge in [0.05, 0.1) is 53.4 Å². The van der Waals surface area contributed by atoms with Crippen molar-refractivity contribution in [2.45, 2.75) is 78.1 Å². The third-order valence-corrected chi connectivity index (χ3v) is 20.7. The van der Waals surface area contributed by atoms with Crippen molar-refractivity contribution in [3.63, 3.8) is 0 Å². The summed E-state index contributed by atoms with van der Waals surface area (Å²) >= 11 is 5.90. The molecule has 0 unspecified atom stereocenters. The molecule has 32 nitrogen and oxygen atoms in total. The Balaban J connectivity index is 0.000000180. The summed E-state index contributed by atoms with van der Waals surface area (Å²) in [6.45, 7) is 25.7. The summed E-state index contributed by atoms with van der Waals surface area (Å²) in [5, 5.41) is 56.2. The van der Waals surface area contributed by atoms with Gasteiger partial charge in [-0.15, -0.1) is 11.6 Å². The van der Waals surface area contributed by atoms with E-state index in [4.69, 9.17) is 42.3 Å². The van der Waals surface area contributed by atoms with Gasteiger partial charge in [-0.25, -0.2) is 19.3 Å². The number of rotatable bonds is 19. The lowest BCUT2D eigenvalue weighted by atomic mass is 9.95. The molecule has 0 spiro atoms. The van der Waals surface area contributed by atoms with Crippen LogP contribution in [0.5, 0.6) is 0 Å². The van der Waals surface area contributed by atoms with Crippen molar-refractivity contribution in [2.24, 2.45) is 0 Å². The maximum Gasteiger partial charge on any atom is 0.278 e. The van der Waals surface area contributed by atoms with Crippen molar-refractivity contribution < 1.29 is 39.2 Å². The zero-order valence-corrected chi connectivity index (χ0v) is 67.9. The summed E-state index contributed by atoms with van der Waals surface area (Å²) in [4.78, 5) is 78.6. The summed E-state index contributed by atoms with van der Waals surface area (Å²) in [5.41, 5.74) is 22.5. The zero-order valence-electron chi connectivity index (χ0n) is 67.1. The van der Waals surface area contributed by atoms with Crippen LogP contribution in [0.4, 0.5) is 62.8 Å². The minimum atomic E-state index is -1.10.